The summed E-state index contributed by atoms with van der Waals surface area (Å²) in [5, 5.41) is 13.3. The minimum absolute atomic E-state index is 0.325. The van der Waals surface area contributed by atoms with E-state index in [2.05, 4.69) is 15.3 Å². The standard InChI is InChI=1S/C14H21ClN4O3/c1-14(2,3)22-13(21)18-9-4-5-19(8-10(9)20)12-7-16-11(15)6-17-12/h6-7,9-10,20H,4-5,8H2,1-3H3,(H,18,21)/t9-,10-/m0/s1. The fraction of sp³-hybridized carbons (Fsp3) is 0.643. The van der Waals surface area contributed by atoms with E-state index in [9.17, 15) is 9.90 Å². The molecule has 0 spiro atoms. The molecule has 2 rings (SSSR count). The van der Waals surface area contributed by atoms with E-state index in [1.165, 1.54) is 6.20 Å². The van der Waals surface area contributed by atoms with Crippen LogP contribution in [0.5, 0.6) is 0 Å². The van der Waals surface area contributed by atoms with Crippen LogP contribution in [0.4, 0.5) is 10.6 Å². The molecule has 1 aromatic rings. The highest BCUT2D eigenvalue weighted by Crippen LogP contribution is 2.19. The maximum absolute atomic E-state index is 11.8. The van der Waals surface area contributed by atoms with Crippen molar-refractivity contribution in [3.63, 3.8) is 0 Å². The molecule has 0 aliphatic carbocycles. The number of aromatic nitrogens is 2. The van der Waals surface area contributed by atoms with Crippen molar-refractivity contribution in [2.24, 2.45) is 0 Å². The molecule has 0 unspecified atom stereocenters. The SMILES string of the molecule is CC(C)(C)OC(=O)N[C@H]1CCN(c2cnc(Cl)cn2)C[C@@H]1O. The molecular formula is C14H21ClN4O3. The molecule has 0 bridgehead atoms. The van der Waals surface area contributed by atoms with Crippen molar-refractivity contribution in [2.45, 2.75) is 44.9 Å². The number of alkyl carbamates (subject to hydrolysis) is 1. The molecular weight excluding hydrogens is 308 g/mol. The zero-order chi connectivity index (χ0) is 16.3. The first-order chi connectivity index (χ1) is 10.2. The van der Waals surface area contributed by atoms with E-state index in [1.807, 2.05) is 4.90 Å². The van der Waals surface area contributed by atoms with Gasteiger partial charge in [-0.1, -0.05) is 11.6 Å². The molecule has 0 saturated carbocycles. The predicted molar refractivity (Wildman–Crippen MR) is 83.0 cm³/mol. The second kappa shape index (κ2) is 6.66. The van der Waals surface area contributed by atoms with E-state index in [4.69, 9.17) is 16.3 Å². The molecule has 8 heteroatoms. The second-order valence-corrected chi connectivity index (χ2v) is 6.64. The number of anilines is 1. The van der Waals surface area contributed by atoms with Crippen LogP contribution in [0.15, 0.2) is 12.4 Å². The third-order valence-electron chi connectivity index (χ3n) is 3.21. The Hall–Kier alpha value is -1.60. The van der Waals surface area contributed by atoms with Gasteiger partial charge in [0.1, 0.15) is 16.6 Å². The quantitative estimate of drug-likeness (QED) is 0.857. The van der Waals surface area contributed by atoms with Gasteiger partial charge in [-0.15, -0.1) is 0 Å². The van der Waals surface area contributed by atoms with Gasteiger partial charge in [0.15, 0.2) is 0 Å². The van der Waals surface area contributed by atoms with Crippen LogP contribution in [0.25, 0.3) is 0 Å². The van der Waals surface area contributed by atoms with Crippen LogP contribution >= 0.6 is 11.6 Å². The summed E-state index contributed by atoms with van der Waals surface area (Å²) in [5.41, 5.74) is -0.561. The molecule has 0 aromatic carbocycles. The largest absolute Gasteiger partial charge is 0.444 e. The highest BCUT2D eigenvalue weighted by Gasteiger charge is 2.30. The van der Waals surface area contributed by atoms with Gasteiger partial charge >= 0.3 is 6.09 Å². The second-order valence-electron chi connectivity index (χ2n) is 6.25. The lowest BCUT2D eigenvalue weighted by atomic mass is 10.0. The number of β-amino-alcohol motifs (C(OH)–C–C–N with tert-alkyl or cyclic N) is 1. The lowest BCUT2D eigenvalue weighted by Gasteiger charge is -2.36. The number of nitrogens with zero attached hydrogens (tertiary/aromatic N) is 3. The number of halogens is 1. The van der Waals surface area contributed by atoms with E-state index in [0.717, 1.165) is 0 Å². The molecule has 2 atom stereocenters. The van der Waals surface area contributed by atoms with Crippen LogP contribution in [0.1, 0.15) is 27.2 Å². The van der Waals surface area contributed by atoms with E-state index in [1.54, 1.807) is 27.0 Å². The van der Waals surface area contributed by atoms with Gasteiger partial charge in [-0.25, -0.2) is 14.8 Å². The van der Waals surface area contributed by atoms with Gasteiger partial charge in [-0.2, -0.15) is 0 Å². The summed E-state index contributed by atoms with van der Waals surface area (Å²) in [6.07, 6.45) is 2.39. The average molecular weight is 329 g/mol. The number of nitrogens with one attached hydrogen (secondary N) is 1. The number of aliphatic hydroxyl groups excluding tert-OH is 1. The minimum atomic E-state index is -0.709. The van der Waals surface area contributed by atoms with Gasteiger partial charge < -0.3 is 20.1 Å². The molecule has 1 aromatic heterocycles. The highest BCUT2D eigenvalue weighted by atomic mass is 35.5. The molecule has 2 N–H and O–H groups in total. The van der Waals surface area contributed by atoms with Crippen molar-refractivity contribution in [3.8, 4) is 0 Å². The van der Waals surface area contributed by atoms with Crippen molar-refractivity contribution in [1.82, 2.24) is 15.3 Å². The van der Waals surface area contributed by atoms with Crippen molar-refractivity contribution >= 4 is 23.5 Å². The Balaban J connectivity index is 1.90. The van der Waals surface area contributed by atoms with Gasteiger partial charge in [0.2, 0.25) is 0 Å². The van der Waals surface area contributed by atoms with Crippen LogP contribution in [0.2, 0.25) is 5.15 Å². The number of carbonyl (C=O) groups is 1. The Morgan fingerprint density at radius 2 is 2.18 bits per heavy atom. The molecule has 0 radical (unpaired) electrons. The van der Waals surface area contributed by atoms with Crippen molar-refractivity contribution in [2.75, 3.05) is 18.0 Å². The summed E-state index contributed by atoms with van der Waals surface area (Å²) in [6.45, 7) is 6.39. The summed E-state index contributed by atoms with van der Waals surface area (Å²) in [7, 11) is 0. The number of hydrogen-bond acceptors (Lipinski definition) is 6. The molecule has 1 aliphatic heterocycles. The number of carbonyl (C=O) groups excluding carboxylic acids is 1. The molecule has 1 amide bonds. The number of aliphatic hydroxyl groups is 1. The van der Waals surface area contributed by atoms with E-state index in [0.29, 0.717) is 30.5 Å². The van der Waals surface area contributed by atoms with Gasteiger partial charge in [-0.05, 0) is 27.2 Å². The Labute approximate surface area is 134 Å². The summed E-state index contributed by atoms with van der Waals surface area (Å²) < 4.78 is 5.20. The van der Waals surface area contributed by atoms with E-state index >= 15 is 0 Å². The minimum Gasteiger partial charge on any atom is -0.444 e. The number of ether oxygens (including phenoxy) is 1. The molecule has 1 aliphatic rings. The van der Waals surface area contributed by atoms with Gasteiger partial charge in [0.05, 0.1) is 24.5 Å². The predicted octanol–water partition coefficient (Wildman–Crippen LogP) is 1.59. The maximum atomic E-state index is 11.8. The van der Waals surface area contributed by atoms with Gasteiger partial charge in [0.25, 0.3) is 0 Å². The number of amides is 1. The first-order valence-electron chi connectivity index (χ1n) is 7.15. The average Bonchev–Trinajstić information content (AvgIpc) is 2.40. The van der Waals surface area contributed by atoms with Gasteiger partial charge in [-0.3, -0.25) is 0 Å². The number of piperidine rings is 1. The van der Waals surface area contributed by atoms with Gasteiger partial charge in [0, 0.05) is 13.1 Å². The van der Waals surface area contributed by atoms with Crippen molar-refractivity contribution in [3.05, 3.63) is 17.5 Å². The summed E-state index contributed by atoms with van der Waals surface area (Å²) >= 11 is 5.71. The number of hydrogen-bond donors (Lipinski definition) is 2. The molecule has 22 heavy (non-hydrogen) atoms. The normalized spacial score (nSPS) is 22.3. The first-order valence-corrected chi connectivity index (χ1v) is 7.52. The maximum Gasteiger partial charge on any atom is 0.407 e. The zero-order valence-corrected chi connectivity index (χ0v) is 13.7. The monoisotopic (exact) mass is 328 g/mol. The molecule has 2 heterocycles. The van der Waals surface area contributed by atoms with E-state index in [-0.39, 0.29) is 6.04 Å². The molecule has 1 fully saturated rings. The smallest absolute Gasteiger partial charge is 0.407 e. The fourth-order valence-electron chi connectivity index (χ4n) is 2.24. The van der Waals surface area contributed by atoms with Crippen LogP contribution in [-0.2, 0) is 4.74 Å². The summed E-state index contributed by atoms with van der Waals surface area (Å²) in [5.74, 6) is 0.652. The lowest BCUT2D eigenvalue weighted by molar-refractivity contribution is 0.0402. The lowest BCUT2D eigenvalue weighted by Crippen LogP contribution is -2.55. The first kappa shape index (κ1) is 16.8. The molecule has 1 saturated heterocycles. The van der Waals surface area contributed by atoms with Crippen LogP contribution in [0, 0.1) is 0 Å². The third-order valence-corrected chi connectivity index (χ3v) is 3.41. The third kappa shape index (κ3) is 4.71. The Kier molecular flexibility index (Phi) is 5.08. The highest BCUT2D eigenvalue weighted by molar-refractivity contribution is 6.29. The van der Waals surface area contributed by atoms with Crippen LogP contribution < -0.4 is 10.2 Å². The molecule has 7 nitrogen and oxygen atoms in total. The van der Waals surface area contributed by atoms with Crippen LogP contribution in [0.3, 0.4) is 0 Å². The Bertz CT molecular complexity index is 518. The van der Waals surface area contributed by atoms with Crippen molar-refractivity contribution < 1.29 is 14.6 Å². The summed E-state index contributed by atoms with van der Waals surface area (Å²) in [4.78, 5) is 21.8. The summed E-state index contributed by atoms with van der Waals surface area (Å²) in [6, 6.07) is -0.341. The number of rotatable bonds is 2. The molecule has 122 valence electrons. The van der Waals surface area contributed by atoms with Crippen molar-refractivity contribution in [1.29, 1.82) is 0 Å². The Morgan fingerprint density at radius 1 is 1.45 bits per heavy atom. The topological polar surface area (TPSA) is 87.6 Å². The zero-order valence-electron chi connectivity index (χ0n) is 12.9. The Morgan fingerprint density at radius 3 is 2.73 bits per heavy atom. The van der Waals surface area contributed by atoms with Crippen LogP contribution in [-0.4, -0.2) is 52.0 Å². The van der Waals surface area contributed by atoms with E-state index < -0.39 is 17.8 Å². The fourth-order valence-corrected chi connectivity index (χ4v) is 2.33.